The van der Waals surface area contributed by atoms with E-state index < -0.39 is 40.5 Å². The van der Waals surface area contributed by atoms with Crippen LogP contribution in [-0.2, 0) is 4.79 Å². The highest BCUT2D eigenvalue weighted by atomic mass is 19.1. The maximum atomic E-state index is 13.8. The average Bonchev–Trinajstić information content (AvgIpc) is 2.29. The second kappa shape index (κ2) is 5.56. The summed E-state index contributed by atoms with van der Waals surface area (Å²) in [7, 11) is 0. The van der Waals surface area contributed by atoms with Gasteiger partial charge in [-0.2, -0.15) is 0 Å². The minimum atomic E-state index is -1.26. The molecule has 0 fully saturated rings. The molecule has 0 saturated carbocycles. The van der Waals surface area contributed by atoms with E-state index >= 15 is 0 Å². The fraction of sp³-hybridized carbons (Fsp3) is 0.429. The summed E-state index contributed by atoms with van der Waals surface area (Å²) in [6.07, 6.45) is 0. The van der Waals surface area contributed by atoms with Gasteiger partial charge in [-0.05, 0) is 24.0 Å². The van der Waals surface area contributed by atoms with Gasteiger partial charge in [0.25, 0.3) is 5.91 Å². The highest BCUT2D eigenvalue weighted by Crippen LogP contribution is 2.21. The minimum Gasteiger partial charge on any atom is -0.480 e. The lowest BCUT2D eigenvalue weighted by molar-refractivity contribution is -0.142. The number of halogens is 2. The predicted molar refractivity (Wildman–Crippen MR) is 69.4 cm³/mol. The highest BCUT2D eigenvalue weighted by molar-refractivity contribution is 5.97. The molecule has 0 spiro atoms. The maximum absolute atomic E-state index is 13.8. The van der Waals surface area contributed by atoms with Crippen LogP contribution in [0.3, 0.4) is 0 Å². The molecule has 1 rings (SSSR count). The third-order valence-electron chi connectivity index (χ3n) is 2.90. The van der Waals surface area contributed by atoms with Crippen molar-refractivity contribution in [1.82, 2.24) is 5.32 Å². The number of carboxylic acid groups (broad SMARTS) is 1. The van der Waals surface area contributed by atoms with Crippen LogP contribution < -0.4 is 5.32 Å². The van der Waals surface area contributed by atoms with E-state index in [2.05, 4.69) is 5.32 Å². The molecule has 1 aromatic rings. The number of hydrogen-bond donors (Lipinski definition) is 2. The van der Waals surface area contributed by atoms with Crippen molar-refractivity contribution in [3.05, 3.63) is 34.9 Å². The van der Waals surface area contributed by atoms with Crippen molar-refractivity contribution in [2.24, 2.45) is 5.41 Å². The molecule has 0 aliphatic heterocycles. The Labute approximate surface area is 115 Å². The summed E-state index contributed by atoms with van der Waals surface area (Å²) in [6.45, 7) is 6.21. The molecule has 0 bridgehead atoms. The summed E-state index contributed by atoms with van der Waals surface area (Å²) in [5.74, 6) is -4.35. The Balaban J connectivity index is 3.14. The molecule has 1 aromatic carbocycles. The lowest BCUT2D eigenvalue weighted by Crippen LogP contribution is -2.49. The molecule has 0 aliphatic carbocycles. The molecule has 0 aliphatic rings. The first kappa shape index (κ1) is 16.1. The van der Waals surface area contributed by atoms with Gasteiger partial charge in [0, 0.05) is 0 Å². The lowest BCUT2D eigenvalue weighted by Gasteiger charge is -2.27. The number of nitrogens with one attached hydrogen (secondary N) is 1. The van der Waals surface area contributed by atoms with E-state index in [0.29, 0.717) is 0 Å². The van der Waals surface area contributed by atoms with Crippen LogP contribution in [0.1, 0.15) is 36.7 Å². The van der Waals surface area contributed by atoms with E-state index in [-0.39, 0.29) is 5.56 Å². The third kappa shape index (κ3) is 3.31. The van der Waals surface area contributed by atoms with Gasteiger partial charge < -0.3 is 10.4 Å². The van der Waals surface area contributed by atoms with Gasteiger partial charge in [0.2, 0.25) is 0 Å². The highest BCUT2D eigenvalue weighted by Gasteiger charge is 2.34. The normalized spacial score (nSPS) is 12.9. The number of benzene rings is 1. The first-order valence-electron chi connectivity index (χ1n) is 6.04. The van der Waals surface area contributed by atoms with Crippen LogP contribution in [0.4, 0.5) is 8.78 Å². The van der Waals surface area contributed by atoms with Gasteiger partial charge >= 0.3 is 5.97 Å². The van der Waals surface area contributed by atoms with Crippen LogP contribution in [-0.4, -0.2) is 23.0 Å². The largest absolute Gasteiger partial charge is 0.480 e. The van der Waals surface area contributed by atoms with Gasteiger partial charge in [0.05, 0.1) is 0 Å². The quantitative estimate of drug-likeness (QED) is 0.896. The van der Waals surface area contributed by atoms with Gasteiger partial charge in [-0.25, -0.2) is 13.6 Å². The van der Waals surface area contributed by atoms with Crippen molar-refractivity contribution >= 4 is 11.9 Å². The van der Waals surface area contributed by atoms with Crippen molar-refractivity contribution in [1.29, 1.82) is 0 Å². The Morgan fingerprint density at radius 2 is 1.80 bits per heavy atom. The summed E-state index contributed by atoms with van der Waals surface area (Å²) < 4.78 is 27.4. The Bertz CT molecular complexity index is 550. The van der Waals surface area contributed by atoms with E-state index in [0.717, 1.165) is 6.07 Å². The first-order chi connectivity index (χ1) is 9.05. The Hall–Kier alpha value is -1.98. The van der Waals surface area contributed by atoms with Crippen LogP contribution in [0, 0.1) is 24.0 Å². The molecule has 20 heavy (non-hydrogen) atoms. The smallest absolute Gasteiger partial charge is 0.326 e. The zero-order chi connectivity index (χ0) is 15.7. The minimum absolute atomic E-state index is 0.110. The molecular weight excluding hydrogens is 268 g/mol. The number of carbonyl (C=O) groups excluding carboxylic acids is 1. The van der Waals surface area contributed by atoms with Crippen LogP contribution in [0.15, 0.2) is 12.1 Å². The van der Waals surface area contributed by atoms with Crippen LogP contribution >= 0.6 is 0 Å². The first-order valence-corrected chi connectivity index (χ1v) is 6.04. The van der Waals surface area contributed by atoms with E-state index in [1.54, 1.807) is 20.8 Å². The monoisotopic (exact) mass is 285 g/mol. The third-order valence-corrected chi connectivity index (χ3v) is 2.90. The zero-order valence-corrected chi connectivity index (χ0v) is 11.8. The Kier molecular flexibility index (Phi) is 4.47. The molecule has 110 valence electrons. The van der Waals surface area contributed by atoms with Crippen LogP contribution in [0.2, 0.25) is 0 Å². The number of rotatable bonds is 3. The molecule has 0 aromatic heterocycles. The summed E-state index contributed by atoms with van der Waals surface area (Å²) in [6, 6.07) is 0.925. The molecule has 2 N–H and O–H groups in total. The molecular formula is C14H17F2NO3. The van der Waals surface area contributed by atoms with Crippen molar-refractivity contribution in [3.8, 4) is 0 Å². The number of aliphatic carboxylic acids is 1. The molecule has 6 heteroatoms. The van der Waals surface area contributed by atoms with Gasteiger partial charge in [-0.3, -0.25) is 4.79 Å². The molecule has 4 nitrogen and oxygen atoms in total. The van der Waals surface area contributed by atoms with Gasteiger partial charge in [-0.1, -0.05) is 26.8 Å². The van der Waals surface area contributed by atoms with E-state index in [4.69, 9.17) is 5.11 Å². The summed E-state index contributed by atoms with van der Waals surface area (Å²) in [5.41, 5.74) is -1.45. The van der Waals surface area contributed by atoms with Crippen LogP contribution in [0.25, 0.3) is 0 Å². The molecule has 0 saturated heterocycles. The fourth-order valence-corrected chi connectivity index (χ4v) is 1.72. The van der Waals surface area contributed by atoms with Crippen molar-refractivity contribution in [3.63, 3.8) is 0 Å². The molecule has 0 heterocycles. The second-order valence-corrected chi connectivity index (χ2v) is 5.66. The van der Waals surface area contributed by atoms with E-state index in [9.17, 15) is 18.4 Å². The summed E-state index contributed by atoms with van der Waals surface area (Å²) in [5, 5.41) is 11.3. The summed E-state index contributed by atoms with van der Waals surface area (Å²) >= 11 is 0. The maximum Gasteiger partial charge on any atom is 0.326 e. The Morgan fingerprint density at radius 3 is 2.25 bits per heavy atom. The van der Waals surface area contributed by atoms with Gasteiger partial charge in [-0.15, -0.1) is 0 Å². The molecule has 0 radical (unpaired) electrons. The fourth-order valence-electron chi connectivity index (χ4n) is 1.72. The average molecular weight is 285 g/mol. The van der Waals surface area contributed by atoms with E-state index in [1.807, 2.05) is 0 Å². The zero-order valence-electron chi connectivity index (χ0n) is 11.8. The van der Waals surface area contributed by atoms with Gasteiger partial charge in [0.15, 0.2) is 0 Å². The molecule has 1 atom stereocenters. The number of aryl methyl sites for hydroxylation is 1. The Morgan fingerprint density at radius 1 is 1.25 bits per heavy atom. The SMILES string of the molecule is Cc1ccc(F)c(C(=O)NC(C(=O)O)C(C)(C)C)c1F. The molecule has 1 amide bonds. The topological polar surface area (TPSA) is 66.4 Å². The van der Waals surface area contributed by atoms with Crippen molar-refractivity contribution < 1.29 is 23.5 Å². The van der Waals surface area contributed by atoms with E-state index in [1.165, 1.54) is 13.0 Å². The number of carbonyl (C=O) groups is 2. The number of carboxylic acids is 1. The van der Waals surface area contributed by atoms with Crippen molar-refractivity contribution in [2.45, 2.75) is 33.7 Å². The number of amides is 1. The van der Waals surface area contributed by atoms with Crippen molar-refractivity contribution in [2.75, 3.05) is 0 Å². The summed E-state index contributed by atoms with van der Waals surface area (Å²) in [4.78, 5) is 23.1. The van der Waals surface area contributed by atoms with Gasteiger partial charge in [0.1, 0.15) is 23.2 Å². The standard InChI is InChI=1S/C14H17F2NO3/c1-7-5-6-8(15)9(10(7)16)12(18)17-11(13(19)20)14(2,3)4/h5-6,11H,1-4H3,(H,17,18)(H,19,20). The second-order valence-electron chi connectivity index (χ2n) is 5.66. The predicted octanol–water partition coefficient (Wildman–Crippen LogP) is 2.50. The molecule has 1 unspecified atom stereocenters. The number of hydrogen-bond acceptors (Lipinski definition) is 2. The van der Waals surface area contributed by atoms with Crippen LogP contribution in [0.5, 0.6) is 0 Å². The lowest BCUT2D eigenvalue weighted by atomic mass is 9.86.